The molecule has 1 aromatic carbocycles. The van der Waals surface area contributed by atoms with Crippen LogP contribution in [0.1, 0.15) is 43.6 Å². The second-order valence-electron chi connectivity index (χ2n) is 8.80. The second kappa shape index (κ2) is 8.79. The van der Waals surface area contributed by atoms with Crippen molar-refractivity contribution < 1.29 is 23.1 Å². The van der Waals surface area contributed by atoms with Crippen LogP contribution in [0, 0.1) is 0 Å². The average Bonchev–Trinajstić information content (AvgIpc) is 3.15. The van der Waals surface area contributed by atoms with Crippen molar-refractivity contribution in [3.8, 4) is 5.75 Å². The zero-order valence-electron chi connectivity index (χ0n) is 18.3. The topological polar surface area (TPSA) is 102 Å². The summed E-state index contributed by atoms with van der Waals surface area (Å²) in [6.07, 6.45) is 8.41. The van der Waals surface area contributed by atoms with Crippen LogP contribution in [0.25, 0.3) is 11.0 Å². The maximum absolute atomic E-state index is 13.2. The Bertz CT molecular complexity index is 1260. The number of piperidine rings is 1. The van der Waals surface area contributed by atoms with Crippen molar-refractivity contribution >= 4 is 27.0 Å². The zero-order chi connectivity index (χ0) is 23.0. The van der Waals surface area contributed by atoms with Crippen LogP contribution in [-0.2, 0) is 21.4 Å². The van der Waals surface area contributed by atoms with Crippen LogP contribution in [0.5, 0.6) is 5.75 Å². The Labute approximate surface area is 192 Å². The molecule has 174 valence electrons. The van der Waals surface area contributed by atoms with E-state index in [2.05, 4.69) is 4.98 Å². The van der Waals surface area contributed by atoms with Gasteiger partial charge in [-0.05, 0) is 80.0 Å². The van der Waals surface area contributed by atoms with Crippen molar-refractivity contribution in [2.75, 3.05) is 13.1 Å². The Morgan fingerprint density at radius 1 is 1.09 bits per heavy atom. The Kier molecular flexibility index (Phi) is 5.84. The van der Waals surface area contributed by atoms with E-state index >= 15 is 0 Å². The smallest absolute Gasteiger partial charge is 0.323 e. The number of benzene rings is 1. The first-order chi connectivity index (χ1) is 15.9. The third-order valence-corrected chi connectivity index (χ3v) is 8.59. The molecule has 0 spiro atoms. The van der Waals surface area contributed by atoms with Gasteiger partial charge in [0, 0.05) is 30.9 Å². The lowest BCUT2D eigenvalue weighted by Crippen LogP contribution is -2.37. The molecule has 33 heavy (non-hydrogen) atoms. The molecule has 1 saturated heterocycles. The number of aliphatic carboxylic acids is 1. The van der Waals surface area contributed by atoms with Crippen LogP contribution in [-0.4, -0.2) is 52.5 Å². The van der Waals surface area contributed by atoms with Crippen molar-refractivity contribution in [2.24, 2.45) is 0 Å². The molecule has 1 N–H and O–H groups in total. The van der Waals surface area contributed by atoms with E-state index in [9.17, 15) is 18.3 Å². The molecule has 0 radical (unpaired) electrons. The van der Waals surface area contributed by atoms with Gasteiger partial charge in [0.15, 0.2) is 0 Å². The summed E-state index contributed by atoms with van der Waals surface area (Å²) in [6.45, 7) is 0.680. The van der Waals surface area contributed by atoms with E-state index in [1.165, 1.54) is 6.42 Å². The molecule has 1 aliphatic heterocycles. The number of hydrogen-bond acceptors (Lipinski definition) is 5. The van der Waals surface area contributed by atoms with E-state index in [1.54, 1.807) is 39.3 Å². The van der Waals surface area contributed by atoms with Crippen molar-refractivity contribution in [3.05, 3.63) is 54.4 Å². The first-order valence-electron chi connectivity index (χ1n) is 11.3. The first kappa shape index (κ1) is 21.9. The van der Waals surface area contributed by atoms with Gasteiger partial charge in [-0.3, -0.25) is 4.79 Å². The lowest BCUT2D eigenvalue weighted by Gasteiger charge is -2.31. The van der Waals surface area contributed by atoms with Crippen LogP contribution in [0.3, 0.4) is 0 Å². The van der Waals surface area contributed by atoms with Gasteiger partial charge in [0.2, 0.25) is 10.0 Å². The molecule has 2 fully saturated rings. The minimum absolute atomic E-state index is 0.149. The third kappa shape index (κ3) is 4.35. The molecule has 3 aromatic rings. The van der Waals surface area contributed by atoms with Gasteiger partial charge in [-0.1, -0.05) is 0 Å². The quantitative estimate of drug-likeness (QED) is 0.567. The standard InChI is InChI=1S/C24H27N3O5S/c28-23(29)16-26-15-22(21-5-2-12-25-24(21)26)17-10-13-27(14-11-17)33(30,31)20-8-6-19(7-9-20)32-18-3-1-4-18/h2,5-9,12,15,17-18H,1,3-4,10-11,13-14,16H2,(H,28,29). The van der Waals surface area contributed by atoms with Gasteiger partial charge in [0.05, 0.1) is 11.0 Å². The van der Waals surface area contributed by atoms with Gasteiger partial charge in [-0.15, -0.1) is 0 Å². The van der Waals surface area contributed by atoms with Gasteiger partial charge in [0.25, 0.3) is 0 Å². The predicted octanol–water partition coefficient (Wildman–Crippen LogP) is 3.62. The number of fused-ring (bicyclic) bond motifs is 1. The number of carboxylic acids is 1. The number of ether oxygens (including phenoxy) is 1. The van der Waals surface area contributed by atoms with Gasteiger partial charge < -0.3 is 14.4 Å². The number of sulfonamides is 1. The summed E-state index contributed by atoms with van der Waals surface area (Å²) in [5, 5.41) is 10.2. The Morgan fingerprint density at radius 3 is 2.45 bits per heavy atom. The number of carboxylic acid groups (broad SMARTS) is 1. The van der Waals surface area contributed by atoms with Gasteiger partial charge in [0.1, 0.15) is 17.9 Å². The fourth-order valence-electron chi connectivity index (χ4n) is 4.67. The monoisotopic (exact) mass is 469 g/mol. The molecule has 9 heteroatoms. The molecule has 0 atom stereocenters. The second-order valence-corrected chi connectivity index (χ2v) is 10.7. The molecule has 8 nitrogen and oxygen atoms in total. The van der Waals surface area contributed by atoms with Crippen molar-refractivity contribution in [2.45, 2.75) is 55.6 Å². The van der Waals surface area contributed by atoms with Crippen LogP contribution >= 0.6 is 0 Å². The van der Waals surface area contributed by atoms with E-state index < -0.39 is 16.0 Å². The van der Waals surface area contributed by atoms with Crippen LogP contribution in [0.15, 0.2) is 53.7 Å². The maximum atomic E-state index is 13.2. The Hall–Kier alpha value is -2.91. The van der Waals surface area contributed by atoms with Crippen molar-refractivity contribution in [3.63, 3.8) is 0 Å². The molecule has 0 unspecified atom stereocenters. The molecule has 1 saturated carbocycles. The van der Waals surface area contributed by atoms with Gasteiger partial charge in [-0.2, -0.15) is 4.31 Å². The summed E-state index contributed by atoms with van der Waals surface area (Å²) < 4.78 is 35.4. The SMILES string of the molecule is O=C(O)Cn1cc(C2CCN(S(=O)(=O)c3ccc(OC4CCC4)cc3)CC2)c2cccnc21. The van der Waals surface area contributed by atoms with E-state index in [0.29, 0.717) is 37.3 Å². The maximum Gasteiger partial charge on any atom is 0.323 e. The zero-order valence-corrected chi connectivity index (χ0v) is 19.1. The number of aromatic nitrogens is 2. The van der Waals surface area contributed by atoms with E-state index in [-0.39, 0.29) is 23.5 Å². The highest BCUT2D eigenvalue weighted by Crippen LogP contribution is 2.35. The highest BCUT2D eigenvalue weighted by atomic mass is 32.2. The van der Waals surface area contributed by atoms with E-state index in [0.717, 1.165) is 23.8 Å². The summed E-state index contributed by atoms with van der Waals surface area (Å²) in [7, 11) is -3.58. The molecule has 2 aliphatic rings. The van der Waals surface area contributed by atoms with Crippen LogP contribution in [0.4, 0.5) is 0 Å². The van der Waals surface area contributed by atoms with Gasteiger partial charge in [-0.25, -0.2) is 13.4 Å². The Morgan fingerprint density at radius 2 is 1.82 bits per heavy atom. The molecule has 5 rings (SSSR count). The molecule has 1 aliphatic carbocycles. The number of pyridine rings is 1. The van der Waals surface area contributed by atoms with Crippen LogP contribution in [0.2, 0.25) is 0 Å². The number of nitrogens with zero attached hydrogens (tertiary/aromatic N) is 3. The Balaban J connectivity index is 1.29. The molecule has 0 bridgehead atoms. The van der Waals surface area contributed by atoms with Gasteiger partial charge >= 0.3 is 5.97 Å². The summed E-state index contributed by atoms with van der Waals surface area (Å²) in [5.41, 5.74) is 1.68. The summed E-state index contributed by atoms with van der Waals surface area (Å²) >= 11 is 0. The van der Waals surface area contributed by atoms with E-state index in [4.69, 9.17) is 4.74 Å². The molecular formula is C24H27N3O5S. The molecule has 2 aromatic heterocycles. The lowest BCUT2D eigenvalue weighted by molar-refractivity contribution is -0.137. The molecule has 3 heterocycles. The summed E-state index contributed by atoms with van der Waals surface area (Å²) in [6, 6.07) is 10.5. The van der Waals surface area contributed by atoms with E-state index in [1.807, 2.05) is 18.3 Å². The normalized spacial score (nSPS) is 18.3. The first-order valence-corrected chi connectivity index (χ1v) is 12.8. The minimum atomic E-state index is -3.58. The third-order valence-electron chi connectivity index (χ3n) is 6.68. The van der Waals surface area contributed by atoms with Crippen molar-refractivity contribution in [1.82, 2.24) is 13.9 Å². The van der Waals surface area contributed by atoms with Crippen molar-refractivity contribution in [1.29, 1.82) is 0 Å². The minimum Gasteiger partial charge on any atom is -0.490 e. The number of carbonyl (C=O) groups is 1. The lowest BCUT2D eigenvalue weighted by atomic mass is 9.90. The largest absolute Gasteiger partial charge is 0.490 e. The number of hydrogen-bond donors (Lipinski definition) is 1. The average molecular weight is 470 g/mol. The summed E-state index contributed by atoms with van der Waals surface area (Å²) in [4.78, 5) is 15.9. The molecular weight excluding hydrogens is 442 g/mol. The molecule has 0 amide bonds. The van der Waals surface area contributed by atoms with Crippen LogP contribution < -0.4 is 4.74 Å². The fraction of sp³-hybridized carbons (Fsp3) is 0.417. The fourth-order valence-corrected chi connectivity index (χ4v) is 6.14. The number of rotatable bonds is 7. The highest BCUT2D eigenvalue weighted by molar-refractivity contribution is 7.89. The predicted molar refractivity (Wildman–Crippen MR) is 123 cm³/mol. The summed E-state index contributed by atoms with van der Waals surface area (Å²) in [5.74, 6) is -0.0608. The highest BCUT2D eigenvalue weighted by Gasteiger charge is 2.31.